The lowest BCUT2D eigenvalue weighted by Crippen LogP contribution is -1.99. The molecule has 0 bridgehead atoms. The number of nitrogens with zero attached hydrogens (tertiary/aromatic N) is 2. The summed E-state index contributed by atoms with van der Waals surface area (Å²) in [6, 6.07) is 5.94. The molecule has 2 N–H and O–H groups in total. The van der Waals surface area contributed by atoms with Gasteiger partial charge in [-0.05, 0) is 24.6 Å². The van der Waals surface area contributed by atoms with Gasteiger partial charge in [0.15, 0.2) is 0 Å². The zero-order chi connectivity index (χ0) is 13.0. The van der Waals surface area contributed by atoms with Gasteiger partial charge in [0.2, 0.25) is 0 Å². The van der Waals surface area contributed by atoms with Crippen molar-refractivity contribution >= 4 is 33.4 Å². The number of halogens is 1. The molecule has 0 aliphatic heterocycles. The highest BCUT2D eigenvalue weighted by molar-refractivity contribution is 9.10. The van der Waals surface area contributed by atoms with Crippen molar-refractivity contribution in [2.45, 2.75) is 30.5 Å². The van der Waals surface area contributed by atoms with Crippen LogP contribution >= 0.6 is 27.7 Å². The van der Waals surface area contributed by atoms with Crippen molar-refractivity contribution < 1.29 is 0 Å². The number of hydrogen-bond acceptors (Lipinski definition) is 3. The second-order valence-electron chi connectivity index (χ2n) is 4.05. The molecule has 1 aromatic carbocycles. The molecule has 0 saturated carbocycles. The highest BCUT2D eigenvalue weighted by atomic mass is 79.9. The number of imidazole rings is 1. The maximum Gasteiger partial charge on any atom is 0.0948 e. The molecule has 0 radical (unpaired) electrons. The first kappa shape index (κ1) is 13.5. The Morgan fingerprint density at radius 3 is 3.06 bits per heavy atom. The molecular weight excluding hydrogens is 310 g/mol. The van der Waals surface area contributed by atoms with Crippen molar-refractivity contribution in [3.8, 4) is 0 Å². The van der Waals surface area contributed by atoms with Crippen LogP contribution in [0.25, 0.3) is 0 Å². The van der Waals surface area contributed by atoms with Crippen LogP contribution in [0.4, 0.5) is 5.69 Å². The van der Waals surface area contributed by atoms with Gasteiger partial charge in [0, 0.05) is 39.2 Å². The van der Waals surface area contributed by atoms with Crippen LogP contribution in [0.1, 0.15) is 19.0 Å². The van der Waals surface area contributed by atoms with Crippen molar-refractivity contribution in [1.29, 1.82) is 0 Å². The molecule has 0 aliphatic rings. The Kier molecular flexibility index (Phi) is 4.72. The monoisotopic (exact) mass is 325 g/mol. The summed E-state index contributed by atoms with van der Waals surface area (Å²) < 4.78 is 3.25. The van der Waals surface area contributed by atoms with Gasteiger partial charge in [0.05, 0.1) is 6.33 Å². The van der Waals surface area contributed by atoms with Crippen LogP contribution in [0.3, 0.4) is 0 Å². The minimum absolute atomic E-state index is 0.824. The topological polar surface area (TPSA) is 43.8 Å². The first-order valence-electron chi connectivity index (χ1n) is 5.87. The van der Waals surface area contributed by atoms with Crippen LogP contribution in [0.2, 0.25) is 0 Å². The number of nitrogen functional groups attached to an aromatic ring is 1. The van der Waals surface area contributed by atoms with Crippen LogP contribution in [0.5, 0.6) is 0 Å². The molecule has 0 saturated heterocycles. The predicted molar refractivity (Wildman–Crippen MR) is 80.6 cm³/mol. The number of hydrogen-bond donors (Lipinski definition) is 1. The summed E-state index contributed by atoms with van der Waals surface area (Å²) in [5.41, 5.74) is 8.02. The third-order valence-electron chi connectivity index (χ3n) is 2.61. The minimum atomic E-state index is 0.824. The van der Waals surface area contributed by atoms with Gasteiger partial charge in [0.25, 0.3) is 0 Å². The summed E-state index contributed by atoms with van der Waals surface area (Å²) in [4.78, 5) is 5.31. The summed E-state index contributed by atoms with van der Waals surface area (Å²) in [7, 11) is 0. The molecule has 1 heterocycles. The van der Waals surface area contributed by atoms with Gasteiger partial charge < -0.3 is 10.3 Å². The number of aryl methyl sites for hydroxylation is 1. The lowest BCUT2D eigenvalue weighted by Gasteiger charge is -2.08. The zero-order valence-electron chi connectivity index (χ0n) is 10.3. The van der Waals surface area contributed by atoms with E-state index in [9.17, 15) is 0 Å². The fourth-order valence-electron chi connectivity index (χ4n) is 1.70. The summed E-state index contributed by atoms with van der Waals surface area (Å²) in [6.45, 7) is 3.19. The van der Waals surface area contributed by atoms with E-state index in [2.05, 4.69) is 38.5 Å². The molecule has 0 spiro atoms. The average Bonchev–Trinajstić information content (AvgIpc) is 2.78. The largest absolute Gasteiger partial charge is 0.398 e. The van der Waals surface area contributed by atoms with Crippen molar-refractivity contribution in [3.63, 3.8) is 0 Å². The summed E-state index contributed by atoms with van der Waals surface area (Å²) >= 11 is 5.21. The standard InChI is InChI=1S/C13H16BrN3S/c1-2-5-17-9-16-7-11(17)8-18-13-6-10(14)3-4-12(13)15/h3-4,6-7,9H,2,5,8,15H2,1H3. The predicted octanol–water partition coefficient (Wildman–Crippen LogP) is 3.93. The molecule has 2 rings (SSSR count). The van der Waals surface area contributed by atoms with Crippen LogP contribution < -0.4 is 5.73 Å². The number of aromatic nitrogens is 2. The fourth-order valence-corrected chi connectivity index (χ4v) is 3.20. The van der Waals surface area contributed by atoms with Gasteiger partial charge >= 0.3 is 0 Å². The number of thioether (sulfide) groups is 1. The molecule has 96 valence electrons. The van der Waals surface area contributed by atoms with E-state index < -0.39 is 0 Å². The Morgan fingerprint density at radius 1 is 1.44 bits per heavy atom. The fraction of sp³-hybridized carbons (Fsp3) is 0.308. The first-order valence-corrected chi connectivity index (χ1v) is 7.65. The summed E-state index contributed by atoms with van der Waals surface area (Å²) in [5, 5.41) is 0. The Morgan fingerprint density at radius 2 is 2.28 bits per heavy atom. The van der Waals surface area contributed by atoms with Gasteiger partial charge in [0.1, 0.15) is 0 Å². The second kappa shape index (κ2) is 6.29. The van der Waals surface area contributed by atoms with E-state index in [1.165, 1.54) is 5.69 Å². The van der Waals surface area contributed by atoms with Crippen molar-refractivity contribution in [1.82, 2.24) is 9.55 Å². The van der Waals surface area contributed by atoms with Gasteiger partial charge in [-0.15, -0.1) is 11.8 Å². The van der Waals surface area contributed by atoms with E-state index in [0.717, 1.165) is 33.8 Å². The summed E-state index contributed by atoms with van der Waals surface area (Å²) in [5.74, 6) is 0.890. The molecule has 0 fully saturated rings. The third kappa shape index (κ3) is 3.29. The van der Waals surface area contributed by atoms with Crippen LogP contribution in [0, 0.1) is 0 Å². The number of anilines is 1. The molecule has 3 nitrogen and oxygen atoms in total. The SMILES string of the molecule is CCCn1cncc1CSc1cc(Br)ccc1N. The average molecular weight is 326 g/mol. The molecule has 1 aromatic heterocycles. The van der Waals surface area contributed by atoms with Gasteiger partial charge in [-0.3, -0.25) is 0 Å². The Labute approximate surface area is 120 Å². The molecular formula is C13H16BrN3S. The highest BCUT2D eigenvalue weighted by Gasteiger charge is 2.05. The number of rotatable bonds is 5. The highest BCUT2D eigenvalue weighted by Crippen LogP contribution is 2.30. The van der Waals surface area contributed by atoms with E-state index in [0.29, 0.717) is 0 Å². The second-order valence-corrected chi connectivity index (χ2v) is 5.98. The van der Waals surface area contributed by atoms with E-state index >= 15 is 0 Å². The lowest BCUT2D eigenvalue weighted by atomic mass is 10.3. The van der Waals surface area contributed by atoms with Crippen LogP contribution in [0.15, 0.2) is 40.1 Å². The molecule has 18 heavy (non-hydrogen) atoms. The molecule has 0 amide bonds. The van der Waals surface area contributed by atoms with Gasteiger partial charge in [-0.1, -0.05) is 22.9 Å². The van der Waals surface area contributed by atoms with Crippen molar-refractivity contribution in [2.24, 2.45) is 0 Å². The summed E-state index contributed by atoms with van der Waals surface area (Å²) in [6.07, 6.45) is 4.94. The van der Waals surface area contributed by atoms with E-state index in [4.69, 9.17) is 5.73 Å². The quantitative estimate of drug-likeness (QED) is 0.669. The zero-order valence-corrected chi connectivity index (χ0v) is 12.7. The molecule has 2 aromatic rings. The first-order chi connectivity index (χ1) is 8.70. The van der Waals surface area contributed by atoms with Crippen molar-refractivity contribution in [3.05, 3.63) is 40.9 Å². The van der Waals surface area contributed by atoms with Crippen LogP contribution in [-0.2, 0) is 12.3 Å². The Balaban J connectivity index is 2.06. The minimum Gasteiger partial charge on any atom is -0.398 e. The Hall–Kier alpha value is -0.940. The molecule has 0 unspecified atom stereocenters. The van der Waals surface area contributed by atoms with Crippen LogP contribution in [-0.4, -0.2) is 9.55 Å². The molecule has 0 aliphatic carbocycles. The number of nitrogens with two attached hydrogens (primary N) is 1. The lowest BCUT2D eigenvalue weighted by molar-refractivity contribution is 0.659. The smallest absolute Gasteiger partial charge is 0.0948 e. The maximum atomic E-state index is 5.96. The van der Waals surface area contributed by atoms with Crippen molar-refractivity contribution in [2.75, 3.05) is 5.73 Å². The van der Waals surface area contributed by atoms with E-state index in [1.807, 2.05) is 24.7 Å². The Bertz CT molecular complexity index is 525. The van der Waals surface area contributed by atoms with E-state index in [1.54, 1.807) is 11.8 Å². The third-order valence-corrected chi connectivity index (χ3v) is 4.21. The van der Waals surface area contributed by atoms with Gasteiger partial charge in [-0.2, -0.15) is 0 Å². The molecule has 5 heteroatoms. The van der Waals surface area contributed by atoms with E-state index in [-0.39, 0.29) is 0 Å². The maximum absolute atomic E-state index is 5.96. The number of benzene rings is 1. The van der Waals surface area contributed by atoms with Gasteiger partial charge in [-0.25, -0.2) is 4.98 Å². The normalized spacial score (nSPS) is 10.8. The molecule has 0 atom stereocenters.